The van der Waals surface area contributed by atoms with Crippen LogP contribution in [0.15, 0.2) is 54.6 Å². The molecule has 5 nitrogen and oxygen atoms in total. The van der Waals surface area contributed by atoms with Crippen LogP contribution in [-0.2, 0) is 27.3 Å². The van der Waals surface area contributed by atoms with E-state index in [1.165, 1.54) is 12.7 Å². The molecule has 144 valence electrons. The van der Waals surface area contributed by atoms with Gasteiger partial charge in [-0.25, -0.2) is 0 Å². The maximum Gasteiger partial charge on any atom is 0.319 e. The van der Waals surface area contributed by atoms with Gasteiger partial charge in [0.1, 0.15) is 0 Å². The second-order valence-corrected chi connectivity index (χ2v) is 6.59. The van der Waals surface area contributed by atoms with Crippen LogP contribution < -0.4 is 5.32 Å². The third-order valence-corrected chi connectivity index (χ3v) is 4.46. The Labute approximate surface area is 161 Å². The molecular weight excluding hydrogens is 340 g/mol. The number of rotatable bonds is 9. The van der Waals surface area contributed by atoms with E-state index in [2.05, 4.69) is 24.4 Å². The molecule has 0 radical (unpaired) electrons. The molecule has 27 heavy (non-hydrogen) atoms. The quantitative estimate of drug-likeness (QED) is 0.691. The Morgan fingerprint density at radius 1 is 1.00 bits per heavy atom. The average Bonchev–Trinajstić information content (AvgIpc) is 2.68. The number of esters is 1. The number of amides is 1. The van der Waals surface area contributed by atoms with Crippen molar-refractivity contribution in [1.82, 2.24) is 10.2 Å². The lowest BCUT2D eigenvalue weighted by molar-refractivity contribution is -0.142. The number of methoxy groups -OCH3 is 1. The summed E-state index contributed by atoms with van der Waals surface area (Å²) >= 11 is 0. The normalized spacial score (nSPS) is 11.9. The number of nitrogens with one attached hydrogen (secondary N) is 1. The molecule has 0 saturated heterocycles. The van der Waals surface area contributed by atoms with E-state index in [4.69, 9.17) is 4.74 Å². The highest BCUT2D eigenvalue weighted by atomic mass is 16.5. The number of carbonyl (C=O) groups is 2. The van der Waals surface area contributed by atoms with E-state index in [1.54, 1.807) is 4.90 Å². The van der Waals surface area contributed by atoms with E-state index in [0.717, 1.165) is 17.5 Å². The van der Waals surface area contributed by atoms with Gasteiger partial charge in [0, 0.05) is 6.54 Å². The number of ether oxygens (including phenoxy) is 1. The zero-order chi connectivity index (χ0) is 19.6. The van der Waals surface area contributed by atoms with Crippen LogP contribution in [-0.4, -0.2) is 37.0 Å². The minimum Gasteiger partial charge on any atom is -0.468 e. The van der Waals surface area contributed by atoms with Gasteiger partial charge in [-0.1, -0.05) is 61.5 Å². The molecule has 1 amide bonds. The number of hydrogen-bond donors (Lipinski definition) is 1. The number of carbonyl (C=O) groups excluding carboxylic acids is 2. The monoisotopic (exact) mass is 368 g/mol. The van der Waals surface area contributed by atoms with Crippen molar-refractivity contribution in [2.45, 2.75) is 32.9 Å². The van der Waals surface area contributed by atoms with E-state index in [1.807, 2.05) is 49.4 Å². The fourth-order valence-electron chi connectivity index (χ4n) is 2.87. The van der Waals surface area contributed by atoms with Crippen LogP contribution >= 0.6 is 0 Å². The summed E-state index contributed by atoms with van der Waals surface area (Å²) in [6.07, 6.45) is 0.989. The van der Waals surface area contributed by atoms with Crippen molar-refractivity contribution in [2.24, 2.45) is 0 Å². The summed E-state index contributed by atoms with van der Waals surface area (Å²) < 4.78 is 4.76. The molecule has 1 atom stereocenters. The van der Waals surface area contributed by atoms with E-state index in [0.29, 0.717) is 6.54 Å². The van der Waals surface area contributed by atoms with Gasteiger partial charge in [0.2, 0.25) is 5.91 Å². The summed E-state index contributed by atoms with van der Waals surface area (Å²) in [7, 11) is 1.35. The van der Waals surface area contributed by atoms with Gasteiger partial charge < -0.3 is 10.1 Å². The lowest BCUT2D eigenvalue weighted by atomic mass is 10.0. The predicted octanol–water partition coefficient (Wildman–Crippen LogP) is 3.10. The molecule has 2 aromatic rings. The number of aryl methyl sites for hydroxylation is 1. The van der Waals surface area contributed by atoms with Gasteiger partial charge in [0.15, 0.2) is 0 Å². The number of hydrogen-bond acceptors (Lipinski definition) is 4. The van der Waals surface area contributed by atoms with Crippen LogP contribution in [0.25, 0.3) is 0 Å². The summed E-state index contributed by atoms with van der Waals surface area (Å²) in [4.78, 5) is 26.0. The van der Waals surface area contributed by atoms with Crippen molar-refractivity contribution in [3.05, 3.63) is 71.3 Å². The fourth-order valence-corrected chi connectivity index (χ4v) is 2.87. The first-order valence-electron chi connectivity index (χ1n) is 9.23. The van der Waals surface area contributed by atoms with Crippen LogP contribution in [0, 0.1) is 0 Å². The SMILES string of the molecule is CCc1ccc(C(C)NC(=O)CN(CC(=O)OC)Cc2ccccc2)cc1. The topological polar surface area (TPSA) is 58.6 Å². The lowest BCUT2D eigenvalue weighted by Gasteiger charge is -2.22. The smallest absolute Gasteiger partial charge is 0.319 e. The highest BCUT2D eigenvalue weighted by molar-refractivity contribution is 5.79. The second kappa shape index (κ2) is 10.5. The second-order valence-electron chi connectivity index (χ2n) is 6.59. The van der Waals surface area contributed by atoms with Gasteiger partial charge in [-0.2, -0.15) is 0 Å². The third kappa shape index (κ3) is 6.87. The molecule has 1 unspecified atom stereocenters. The lowest BCUT2D eigenvalue weighted by Crippen LogP contribution is -2.40. The van der Waals surface area contributed by atoms with Crippen molar-refractivity contribution in [1.29, 1.82) is 0 Å². The first-order chi connectivity index (χ1) is 13.0. The van der Waals surface area contributed by atoms with Gasteiger partial charge in [0.05, 0.1) is 26.2 Å². The molecule has 2 aromatic carbocycles. The fraction of sp³-hybridized carbons (Fsp3) is 0.364. The van der Waals surface area contributed by atoms with Crippen LogP contribution in [0.1, 0.15) is 36.6 Å². The van der Waals surface area contributed by atoms with E-state index < -0.39 is 0 Å². The van der Waals surface area contributed by atoms with Gasteiger partial charge in [-0.3, -0.25) is 14.5 Å². The maximum absolute atomic E-state index is 12.5. The van der Waals surface area contributed by atoms with Crippen LogP contribution in [0.2, 0.25) is 0 Å². The molecule has 2 rings (SSSR count). The average molecular weight is 368 g/mol. The van der Waals surface area contributed by atoms with Gasteiger partial charge >= 0.3 is 5.97 Å². The summed E-state index contributed by atoms with van der Waals surface area (Å²) in [5.74, 6) is -0.483. The number of nitrogens with zero attached hydrogens (tertiary/aromatic N) is 1. The zero-order valence-corrected chi connectivity index (χ0v) is 16.3. The Kier molecular flexibility index (Phi) is 8.01. The Hall–Kier alpha value is -2.66. The Morgan fingerprint density at radius 2 is 1.67 bits per heavy atom. The molecule has 0 aliphatic rings. The molecular formula is C22H28N2O3. The molecule has 0 aliphatic heterocycles. The first kappa shape index (κ1) is 20.6. The van der Waals surface area contributed by atoms with Crippen molar-refractivity contribution in [3.8, 4) is 0 Å². The Bertz CT molecular complexity index is 729. The molecule has 0 bridgehead atoms. The Balaban J connectivity index is 1.97. The molecule has 1 N–H and O–H groups in total. The van der Waals surface area contributed by atoms with Crippen molar-refractivity contribution in [3.63, 3.8) is 0 Å². The Morgan fingerprint density at radius 3 is 2.26 bits per heavy atom. The van der Waals surface area contributed by atoms with Gasteiger partial charge in [-0.05, 0) is 30.0 Å². The summed E-state index contributed by atoms with van der Waals surface area (Å²) in [6, 6.07) is 17.9. The first-order valence-corrected chi connectivity index (χ1v) is 9.23. The minimum absolute atomic E-state index is 0.0678. The molecule has 0 saturated carbocycles. The number of benzene rings is 2. The maximum atomic E-state index is 12.5. The van der Waals surface area contributed by atoms with Crippen molar-refractivity contribution < 1.29 is 14.3 Å². The van der Waals surface area contributed by atoms with Gasteiger partial charge in [0.25, 0.3) is 0 Å². The predicted molar refractivity (Wildman–Crippen MR) is 106 cm³/mol. The van der Waals surface area contributed by atoms with Crippen molar-refractivity contribution >= 4 is 11.9 Å². The van der Waals surface area contributed by atoms with E-state index in [-0.39, 0.29) is 31.0 Å². The standard InChI is InChI=1S/C22H28N2O3/c1-4-18-10-12-20(13-11-18)17(2)23-21(25)15-24(16-22(26)27-3)14-19-8-6-5-7-9-19/h5-13,17H,4,14-16H2,1-3H3,(H,23,25). The molecule has 5 heteroatoms. The highest BCUT2D eigenvalue weighted by Crippen LogP contribution is 2.14. The summed E-state index contributed by atoms with van der Waals surface area (Å²) in [5.41, 5.74) is 3.37. The summed E-state index contributed by atoms with van der Waals surface area (Å²) in [5, 5.41) is 3.01. The van der Waals surface area contributed by atoms with Crippen LogP contribution in [0.5, 0.6) is 0 Å². The van der Waals surface area contributed by atoms with E-state index >= 15 is 0 Å². The molecule has 0 aliphatic carbocycles. The van der Waals surface area contributed by atoms with Gasteiger partial charge in [-0.15, -0.1) is 0 Å². The summed E-state index contributed by atoms with van der Waals surface area (Å²) in [6.45, 7) is 4.77. The van der Waals surface area contributed by atoms with E-state index in [9.17, 15) is 9.59 Å². The largest absolute Gasteiger partial charge is 0.468 e. The van der Waals surface area contributed by atoms with Crippen molar-refractivity contribution in [2.75, 3.05) is 20.2 Å². The molecule has 0 aromatic heterocycles. The molecule has 0 spiro atoms. The third-order valence-electron chi connectivity index (χ3n) is 4.46. The molecule has 0 fully saturated rings. The minimum atomic E-state index is -0.359. The highest BCUT2D eigenvalue weighted by Gasteiger charge is 2.17. The van der Waals surface area contributed by atoms with Crippen LogP contribution in [0.3, 0.4) is 0 Å². The zero-order valence-electron chi connectivity index (χ0n) is 16.3. The molecule has 0 heterocycles. The van der Waals surface area contributed by atoms with Crippen LogP contribution in [0.4, 0.5) is 0 Å².